The molecule has 1 saturated carbocycles. The van der Waals surface area contributed by atoms with Crippen LogP contribution < -0.4 is 0 Å². The molecule has 0 unspecified atom stereocenters. The van der Waals surface area contributed by atoms with Crippen molar-refractivity contribution >= 4 is 21.9 Å². The first-order valence-corrected chi connectivity index (χ1v) is 5.40. The first-order valence-electron chi connectivity index (χ1n) is 4.60. The third-order valence-electron chi connectivity index (χ3n) is 2.74. The molecule has 2 rings (SSSR count). The van der Waals surface area contributed by atoms with Crippen LogP contribution in [0.2, 0.25) is 0 Å². The fourth-order valence-corrected chi connectivity index (χ4v) is 2.10. The summed E-state index contributed by atoms with van der Waals surface area (Å²) in [6.45, 7) is 0. The van der Waals surface area contributed by atoms with Gasteiger partial charge in [-0.2, -0.15) is 0 Å². The van der Waals surface area contributed by atoms with E-state index in [-0.39, 0.29) is 0 Å². The molecule has 0 aliphatic heterocycles. The fraction of sp³-hybridized carbons (Fsp3) is 0.364. The highest BCUT2D eigenvalue weighted by Gasteiger charge is 2.49. The fourth-order valence-electron chi connectivity index (χ4n) is 1.65. The summed E-state index contributed by atoms with van der Waals surface area (Å²) in [4.78, 5) is 11.0. The Labute approximate surface area is 91.1 Å². The van der Waals surface area contributed by atoms with Crippen molar-refractivity contribution in [2.45, 2.75) is 19.3 Å². The largest absolute Gasteiger partial charge is 0.481 e. The first-order chi connectivity index (χ1) is 6.62. The van der Waals surface area contributed by atoms with Crippen molar-refractivity contribution in [2.75, 3.05) is 0 Å². The Hall–Kier alpha value is -0.830. The van der Waals surface area contributed by atoms with E-state index in [0.717, 1.165) is 22.9 Å². The quantitative estimate of drug-likeness (QED) is 0.901. The zero-order valence-electron chi connectivity index (χ0n) is 7.66. The van der Waals surface area contributed by atoms with Gasteiger partial charge in [0.05, 0.1) is 5.41 Å². The van der Waals surface area contributed by atoms with Crippen LogP contribution in [0.1, 0.15) is 18.4 Å². The third-order valence-corrected chi connectivity index (χ3v) is 3.23. The van der Waals surface area contributed by atoms with Gasteiger partial charge in [-0.15, -0.1) is 0 Å². The molecule has 74 valence electrons. The van der Waals surface area contributed by atoms with Crippen LogP contribution in [0.4, 0.5) is 0 Å². The topological polar surface area (TPSA) is 37.3 Å². The molecule has 0 saturated heterocycles. The molecule has 0 aromatic heterocycles. The molecule has 0 spiro atoms. The van der Waals surface area contributed by atoms with Crippen molar-refractivity contribution in [1.82, 2.24) is 0 Å². The van der Waals surface area contributed by atoms with Gasteiger partial charge in [0.2, 0.25) is 0 Å². The summed E-state index contributed by atoms with van der Waals surface area (Å²) >= 11 is 3.38. The molecule has 14 heavy (non-hydrogen) atoms. The molecule has 1 aromatic rings. The molecule has 1 aliphatic carbocycles. The van der Waals surface area contributed by atoms with Gasteiger partial charge in [0, 0.05) is 4.47 Å². The average molecular weight is 255 g/mol. The van der Waals surface area contributed by atoms with Crippen molar-refractivity contribution in [2.24, 2.45) is 5.41 Å². The molecule has 1 fully saturated rings. The molecule has 1 aliphatic rings. The second-order valence-corrected chi connectivity index (χ2v) is 4.81. The van der Waals surface area contributed by atoms with E-state index in [1.54, 1.807) is 0 Å². The van der Waals surface area contributed by atoms with Gasteiger partial charge >= 0.3 is 5.97 Å². The monoisotopic (exact) mass is 254 g/mol. The summed E-state index contributed by atoms with van der Waals surface area (Å²) in [5, 5.41) is 9.02. The van der Waals surface area contributed by atoms with Crippen LogP contribution in [0.15, 0.2) is 28.7 Å². The van der Waals surface area contributed by atoms with Crippen LogP contribution in [0.5, 0.6) is 0 Å². The molecule has 0 radical (unpaired) electrons. The number of aliphatic carboxylic acids is 1. The maximum Gasteiger partial charge on any atom is 0.309 e. The van der Waals surface area contributed by atoms with E-state index in [4.69, 9.17) is 5.11 Å². The second kappa shape index (κ2) is 3.39. The van der Waals surface area contributed by atoms with E-state index < -0.39 is 11.4 Å². The summed E-state index contributed by atoms with van der Waals surface area (Å²) in [5.74, 6) is -0.655. The lowest BCUT2D eigenvalue weighted by molar-refractivity contribution is -0.143. The van der Waals surface area contributed by atoms with Crippen molar-refractivity contribution < 1.29 is 9.90 Å². The highest BCUT2D eigenvalue weighted by atomic mass is 79.9. The van der Waals surface area contributed by atoms with Gasteiger partial charge in [-0.1, -0.05) is 28.1 Å². The van der Waals surface area contributed by atoms with Crippen LogP contribution in [0.3, 0.4) is 0 Å². The zero-order valence-corrected chi connectivity index (χ0v) is 9.25. The van der Waals surface area contributed by atoms with E-state index in [1.165, 1.54) is 0 Å². The standard InChI is InChI=1S/C11H11BrO2/c12-9-3-1-2-8(6-9)7-11(4-5-11)10(13)14/h1-3,6H,4-5,7H2,(H,13,14). The Morgan fingerprint density at radius 2 is 2.21 bits per heavy atom. The lowest BCUT2D eigenvalue weighted by Crippen LogP contribution is -2.17. The molecule has 3 heteroatoms. The van der Waals surface area contributed by atoms with Gasteiger partial charge in [-0.05, 0) is 37.0 Å². The van der Waals surface area contributed by atoms with Gasteiger partial charge in [0.1, 0.15) is 0 Å². The van der Waals surface area contributed by atoms with Gasteiger partial charge in [0.25, 0.3) is 0 Å². The average Bonchev–Trinajstić information content (AvgIpc) is 2.85. The van der Waals surface area contributed by atoms with E-state index in [2.05, 4.69) is 15.9 Å². The number of hydrogen-bond acceptors (Lipinski definition) is 1. The molecule has 2 nitrogen and oxygen atoms in total. The van der Waals surface area contributed by atoms with Crippen LogP contribution in [0.25, 0.3) is 0 Å². The van der Waals surface area contributed by atoms with Crippen molar-refractivity contribution in [1.29, 1.82) is 0 Å². The Morgan fingerprint density at radius 3 is 2.71 bits per heavy atom. The SMILES string of the molecule is O=C(O)C1(Cc2cccc(Br)c2)CC1. The van der Waals surface area contributed by atoms with E-state index in [1.807, 2.05) is 24.3 Å². The molecular weight excluding hydrogens is 244 g/mol. The Bertz CT molecular complexity index is 369. The molecule has 1 N–H and O–H groups in total. The normalized spacial score (nSPS) is 17.8. The molecule has 0 amide bonds. The summed E-state index contributed by atoms with van der Waals surface area (Å²) < 4.78 is 1.01. The number of carboxylic acids is 1. The highest BCUT2D eigenvalue weighted by Crippen LogP contribution is 2.48. The van der Waals surface area contributed by atoms with E-state index in [0.29, 0.717) is 6.42 Å². The minimum absolute atomic E-state index is 0.458. The first kappa shape index (κ1) is 9.71. The summed E-state index contributed by atoms with van der Waals surface area (Å²) in [5.41, 5.74) is 0.639. The maximum absolute atomic E-state index is 11.0. The van der Waals surface area contributed by atoms with Crippen LogP contribution in [0, 0.1) is 5.41 Å². The lowest BCUT2D eigenvalue weighted by atomic mass is 9.97. The molecule has 0 atom stereocenters. The number of hydrogen-bond donors (Lipinski definition) is 1. The molecule has 1 aromatic carbocycles. The number of carbonyl (C=O) groups is 1. The predicted molar refractivity (Wildman–Crippen MR) is 57.1 cm³/mol. The van der Waals surface area contributed by atoms with Gasteiger partial charge in [-0.3, -0.25) is 4.79 Å². The predicted octanol–water partition coefficient (Wildman–Crippen LogP) is 2.86. The smallest absolute Gasteiger partial charge is 0.309 e. The number of carboxylic acid groups (broad SMARTS) is 1. The van der Waals surface area contributed by atoms with Crippen molar-refractivity contribution in [3.05, 3.63) is 34.3 Å². The molecular formula is C11H11BrO2. The molecule has 0 bridgehead atoms. The summed E-state index contributed by atoms with van der Waals surface area (Å²) in [6.07, 6.45) is 2.28. The van der Waals surface area contributed by atoms with Crippen LogP contribution in [-0.4, -0.2) is 11.1 Å². The highest BCUT2D eigenvalue weighted by molar-refractivity contribution is 9.10. The minimum Gasteiger partial charge on any atom is -0.481 e. The Morgan fingerprint density at radius 1 is 1.50 bits per heavy atom. The number of halogens is 1. The van der Waals surface area contributed by atoms with Crippen molar-refractivity contribution in [3.8, 4) is 0 Å². The molecule has 0 heterocycles. The summed E-state index contributed by atoms with van der Waals surface area (Å²) in [7, 11) is 0. The van der Waals surface area contributed by atoms with Gasteiger partial charge in [-0.25, -0.2) is 0 Å². The number of benzene rings is 1. The van der Waals surface area contributed by atoms with Crippen molar-refractivity contribution in [3.63, 3.8) is 0 Å². The Kier molecular flexibility index (Phi) is 2.35. The van der Waals surface area contributed by atoms with E-state index in [9.17, 15) is 4.79 Å². The Balaban J connectivity index is 2.15. The van der Waals surface area contributed by atoms with Gasteiger partial charge < -0.3 is 5.11 Å². The third kappa shape index (κ3) is 1.82. The number of rotatable bonds is 3. The zero-order chi connectivity index (χ0) is 10.2. The van der Waals surface area contributed by atoms with Gasteiger partial charge in [0.15, 0.2) is 0 Å². The second-order valence-electron chi connectivity index (χ2n) is 3.89. The minimum atomic E-state index is -0.655. The van der Waals surface area contributed by atoms with Crippen LogP contribution in [-0.2, 0) is 11.2 Å². The van der Waals surface area contributed by atoms with E-state index >= 15 is 0 Å². The summed E-state index contributed by atoms with van der Waals surface area (Å²) in [6, 6.07) is 7.86. The lowest BCUT2D eigenvalue weighted by Gasteiger charge is -2.09. The maximum atomic E-state index is 11.0. The van der Waals surface area contributed by atoms with Crippen LogP contribution >= 0.6 is 15.9 Å².